The fraction of sp³-hybridized carbons (Fsp3) is 0.500. The van der Waals surface area contributed by atoms with Gasteiger partial charge in [-0.3, -0.25) is 4.79 Å². The van der Waals surface area contributed by atoms with E-state index in [4.69, 9.17) is 9.47 Å². The van der Waals surface area contributed by atoms with E-state index >= 15 is 0 Å². The van der Waals surface area contributed by atoms with Gasteiger partial charge in [0.25, 0.3) is 5.91 Å². The molecule has 0 heterocycles. The zero-order valence-corrected chi connectivity index (χ0v) is 12.8. The summed E-state index contributed by atoms with van der Waals surface area (Å²) >= 11 is 0. The third-order valence-electron chi connectivity index (χ3n) is 4.12. The largest absolute Gasteiger partial charge is 0.493 e. The lowest BCUT2D eigenvalue weighted by Gasteiger charge is -2.34. The van der Waals surface area contributed by atoms with Crippen molar-refractivity contribution < 1.29 is 24.2 Å². The minimum absolute atomic E-state index is 0.351. The second-order valence-corrected chi connectivity index (χ2v) is 5.47. The molecule has 1 aliphatic carbocycles. The van der Waals surface area contributed by atoms with Gasteiger partial charge in [0.2, 0.25) is 0 Å². The molecular formula is C16H21NO5. The molecule has 1 aliphatic rings. The first-order chi connectivity index (χ1) is 10.5. The van der Waals surface area contributed by atoms with Crippen molar-refractivity contribution >= 4 is 11.9 Å². The minimum atomic E-state index is -1.16. The van der Waals surface area contributed by atoms with E-state index < -0.39 is 17.4 Å². The van der Waals surface area contributed by atoms with Crippen molar-refractivity contribution in [3.05, 3.63) is 23.8 Å². The maximum atomic E-state index is 12.4. The standard InChI is InChI=1S/C16H21NO5/c1-21-12-7-6-11(10-13(12)22-2)14(18)17-16(15(19)20)8-4-3-5-9-16/h6-7,10H,3-5,8-9H2,1-2H3,(H,17,18)(H,19,20). The van der Waals surface area contributed by atoms with Gasteiger partial charge in [-0.1, -0.05) is 19.3 Å². The highest BCUT2D eigenvalue weighted by molar-refractivity contribution is 5.98. The number of carboxylic acid groups (broad SMARTS) is 1. The van der Waals surface area contributed by atoms with Gasteiger partial charge in [-0.25, -0.2) is 4.79 Å². The molecule has 0 atom stereocenters. The van der Waals surface area contributed by atoms with Crippen molar-refractivity contribution in [2.24, 2.45) is 0 Å². The van der Waals surface area contributed by atoms with Crippen LogP contribution in [0.2, 0.25) is 0 Å². The van der Waals surface area contributed by atoms with Crippen molar-refractivity contribution in [1.82, 2.24) is 5.32 Å². The SMILES string of the molecule is COc1ccc(C(=O)NC2(C(=O)O)CCCCC2)cc1OC. The van der Waals surface area contributed by atoms with Crippen molar-refractivity contribution in [2.45, 2.75) is 37.6 Å². The molecule has 1 fully saturated rings. The molecule has 1 amide bonds. The normalized spacial score (nSPS) is 16.6. The van der Waals surface area contributed by atoms with Crippen LogP contribution >= 0.6 is 0 Å². The number of nitrogens with one attached hydrogen (secondary N) is 1. The predicted octanol–water partition coefficient (Wildman–Crippen LogP) is 2.22. The number of hydrogen-bond donors (Lipinski definition) is 2. The minimum Gasteiger partial charge on any atom is -0.493 e. The summed E-state index contributed by atoms with van der Waals surface area (Å²) in [5.74, 6) is -0.431. The zero-order valence-electron chi connectivity index (χ0n) is 12.8. The molecule has 1 aromatic rings. The summed E-state index contributed by atoms with van der Waals surface area (Å²) in [6.07, 6.45) is 3.53. The Morgan fingerprint density at radius 1 is 1.09 bits per heavy atom. The summed E-state index contributed by atoms with van der Waals surface area (Å²) in [5, 5.41) is 12.2. The number of aliphatic carboxylic acids is 1. The van der Waals surface area contributed by atoms with Gasteiger partial charge in [0.05, 0.1) is 14.2 Å². The molecule has 0 radical (unpaired) electrons. The quantitative estimate of drug-likeness (QED) is 0.871. The van der Waals surface area contributed by atoms with E-state index in [1.165, 1.54) is 14.2 Å². The van der Waals surface area contributed by atoms with Crippen LogP contribution in [0.25, 0.3) is 0 Å². The lowest BCUT2D eigenvalue weighted by molar-refractivity contribution is -0.145. The van der Waals surface area contributed by atoms with Crippen molar-refractivity contribution in [3.8, 4) is 11.5 Å². The molecule has 0 aromatic heterocycles. The van der Waals surface area contributed by atoms with Gasteiger partial charge in [0.15, 0.2) is 11.5 Å². The summed E-state index contributed by atoms with van der Waals surface area (Å²) in [6, 6.07) is 4.77. The average Bonchev–Trinajstić information content (AvgIpc) is 2.54. The van der Waals surface area contributed by atoms with Gasteiger partial charge < -0.3 is 19.9 Å². The van der Waals surface area contributed by atoms with E-state index in [9.17, 15) is 14.7 Å². The molecule has 120 valence electrons. The van der Waals surface area contributed by atoms with Gasteiger partial charge in [-0.05, 0) is 31.0 Å². The van der Waals surface area contributed by atoms with Crippen LogP contribution in [0, 0.1) is 0 Å². The summed E-state index contributed by atoms with van der Waals surface area (Å²) in [4.78, 5) is 24.0. The molecule has 0 saturated heterocycles. The Labute approximate surface area is 129 Å². The van der Waals surface area contributed by atoms with Crippen LogP contribution < -0.4 is 14.8 Å². The van der Waals surface area contributed by atoms with Gasteiger partial charge in [-0.15, -0.1) is 0 Å². The Balaban J connectivity index is 2.22. The molecule has 0 spiro atoms. The van der Waals surface area contributed by atoms with Gasteiger partial charge in [0, 0.05) is 5.56 Å². The molecule has 0 aliphatic heterocycles. The third-order valence-corrected chi connectivity index (χ3v) is 4.12. The van der Waals surface area contributed by atoms with E-state index in [0.717, 1.165) is 19.3 Å². The van der Waals surface area contributed by atoms with Crippen LogP contribution in [0.15, 0.2) is 18.2 Å². The number of benzene rings is 1. The average molecular weight is 307 g/mol. The molecule has 22 heavy (non-hydrogen) atoms. The Kier molecular flexibility index (Phi) is 4.90. The summed E-state index contributed by atoms with van der Waals surface area (Å²) in [5.41, 5.74) is -0.813. The van der Waals surface area contributed by atoms with E-state index in [2.05, 4.69) is 5.32 Å². The van der Waals surface area contributed by atoms with Crippen LogP contribution in [0.1, 0.15) is 42.5 Å². The van der Waals surface area contributed by atoms with Gasteiger partial charge >= 0.3 is 5.97 Å². The molecule has 6 nitrogen and oxygen atoms in total. The van der Waals surface area contributed by atoms with Crippen LogP contribution in [0.4, 0.5) is 0 Å². The second-order valence-electron chi connectivity index (χ2n) is 5.47. The molecule has 2 N–H and O–H groups in total. The predicted molar refractivity (Wildman–Crippen MR) is 80.5 cm³/mol. The summed E-state index contributed by atoms with van der Waals surface area (Å²) in [6.45, 7) is 0. The molecule has 1 aromatic carbocycles. The number of hydrogen-bond acceptors (Lipinski definition) is 4. The fourth-order valence-electron chi connectivity index (χ4n) is 2.81. The maximum absolute atomic E-state index is 12.4. The highest BCUT2D eigenvalue weighted by Gasteiger charge is 2.41. The van der Waals surface area contributed by atoms with Crippen molar-refractivity contribution in [2.75, 3.05) is 14.2 Å². The Morgan fingerprint density at radius 3 is 2.27 bits per heavy atom. The number of carbonyl (C=O) groups excluding carboxylic acids is 1. The van der Waals surface area contributed by atoms with Crippen LogP contribution in [0.3, 0.4) is 0 Å². The Hall–Kier alpha value is -2.24. The zero-order chi connectivity index (χ0) is 16.2. The number of rotatable bonds is 5. The Morgan fingerprint density at radius 2 is 1.73 bits per heavy atom. The van der Waals surface area contributed by atoms with E-state index in [1.807, 2.05) is 0 Å². The first kappa shape index (κ1) is 16.1. The van der Waals surface area contributed by atoms with E-state index in [-0.39, 0.29) is 0 Å². The van der Waals surface area contributed by atoms with E-state index in [1.54, 1.807) is 18.2 Å². The molecule has 6 heteroatoms. The lowest BCUT2D eigenvalue weighted by Crippen LogP contribution is -2.55. The van der Waals surface area contributed by atoms with Crippen molar-refractivity contribution in [3.63, 3.8) is 0 Å². The first-order valence-corrected chi connectivity index (χ1v) is 7.30. The van der Waals surface area contributed by atoms with E-state index in [0.29, 0.717) is 29.9 Å². The molecule has 0 unspecified atom stereocenters. The van der Waals surface area contributed by atoms with Gasteiger partial charge in [-0.2, -0.15) is 0 Å². The number of methoxy groups -OCH3 is 2. The first-order valence-electron chi connectivity index (χ1n) is 7.30. The summed E-state index contributed by atoms with van der Waals surface area (Å²) < 4.78 is 10.3. The number of ether oxygens (including phenoxy) is 2. The monoisotopic (exact) mass is 307 g/mol. The lowest BCUT2D eigenvalue weighted by atomic mass is 9.81. The summed E-state index contributed by atoms with van der Waals surface area (Å²) in [7, 11) is 3.00. The van der Waals surface area contributed by atoms with Crippen LogP contribution in [0.5, 0.6) is 11.5 Å². The van der Waals surface area contributed by atoms with Crippen LogP contribution in [-0.4, -0.2) is 36.7 Å². The smallest absolute Gasteiger partial charge is 0.329 e. The Bertz CT molecular complexity index is 564. The second kappa shape index (κ2) is 6.68. The third kappa shape index (κ3) is 3.16. The molecule has 2 rings (SSSR count). The van der Waals surface area contributed by atoms with Gasteiger partial charge in [0.1, 0.15) is 5.54 Å². The highest BCUT2D eigenvalue weighted by Crippen LogP contribution is 2.30. The molecular weight excluding hydrogens is 286 g/mol. The van der Waals surface area contributed by atoms with Crippen molar-refractivity contribution in [1.29, 1.82) is 0 Å². The topological polar surface area (TPSA) is 84.9 Å². The molecule has 1 saturated carbocycles. The van der Waals surface area contributed by atoms with Crippen LogP contribution in [-0.2, 0) is 4.79 Å². The highest BCUT2D eigenvalue weighted by atomic mass is 16.5. The number of carbonyl (C=O) groups is 2. The fourth-order valence-corrected chi connectivity index (χ4v) is 2.81. The molecule has 0 bridgehead atoms. The maximum Gasteiger partial charge on any atom is 0.329 e. The number of carboxylic acids is 1. The number of amides is 1.